The van der Waals surface area contributed by atoms with Crippen molar-refractivity contribution in [2.45, 2.75) is 30.8 Å². The number of carboxylic acid groups (broad SMARTS) is 1. The van der Waals surface area contributed by atoms with Crippen molar-refractivity contribution in [3.63, 3.8) is 0 Å². The zero-order valence-electron chi connectivity index (χ0n) is 20.6. The second-order valence-corrected chi connectivity index (χ2v) is 9.52. The van der Waals surface area contributed by atoms with Crippen LogP contribution in [-0.2, 0) is 27.1 Å². The maximum Gasteiger partial charge on any atom is 0.307 e. The molecule has 2 unspecified atom stereocenters. The van der Waals surface area contributed by atoms with Crippen LogP contribution in [0, 0.1) is 11.8 Å². The molecular formula is C30H32O6. The molecule has 0 radical (unpaired) electrons. The summed E-state index contributed by atoms with van der Waals surface area (Å²) in [5.74, 6) is -0.680. The van der Waals surface area contributed by atoms with Crippen LogP contribution in [0.25, 0.3) is 0 Å². The van der Waals surface area contributed by atoms with Crippen LogP contribution >= 0.6 is 0 Å². The molecule has 1 fully saturated rings. The predicted octanol–water partition coefficient (Wildman–Crippen LogP) is 5.06. The molecule has 1 saturated carbocycles. The van der Waals surface area contributed by atoms with Gasteiger partial charge in [-0.15, -0.1) is 0 Å². The zero-order chi connectivity index (χ0) is 25.1. The Balaban J connectivity index is 1.35. The van der Waals surface area contributed by atoms with Gasteiger partial charge in [0.2, 0.25) is 0 Å². The summed E-state index contributed by atoms with van der Waals surface area (Å²) in [4.78, 5) is 12.6. The lowest BCUT2D eigenvalue weighted by Crippen LogP contribution is -2.49. The average Bonchev–Trinajstić information content (AvgIpc) is 3.31. The Morgan fingerprint density at radius 2 is 1.31 bits per heavy atom. The van der Waals surface area contributed by atoms with E-state index in [2.05, 4.69) is 24.3 Å². The fraction of sp³-hybridized carbons (Fsp3) is 0.367. The molecule has 0 aliphatic heterocycles. The summed E-state index contributed by atoms with van der Waals surface area (Å²) in [6, 6.07) is 23.7. The summed E-state index contributed by atoms with van der Waals surface area (Å²) in [7, 11) is 3.23. The fourth-order valence-electron chi connectivity index (χ4n) is 6.05. The quantitative estimate of drug-likeness (QED) is 0.318. The van der Waals surface area contributed by atoms with Gasteiger partial charge < -0.3 is 24.1 Å². The second-order valence-electron chi connectivity index (χ2n) is 9.52. The molecule has 2 aliphatic rings. The highest BCUT2D eigenvalue weighted by molar-refractivity contribution is 5.76. The van der Waals surface area contributed by atoms with Crippen LogP contribution in [0.4, 0.5) is 0 Å². The van der Waals surface area contributed by atoms with Crippen LogP contribution in [0.5, 0.6) is 11.5 Å². The molecule has 4 atom stereocenters. The maximum atomic E-state index is 12.6. The van der Waals surface area contributed by atoms with Gasteiger partial charge in [0.1, 0.15) is 18.3 Å². The fourth-order valence-corrected chi connectivity index (χ4v) is 6.05. The lowest BCUT2D eigenvalue weighted by molar-refractivity contribution is -0.155. The number of methoxy groups -OCH3 is 2. The highest BCUT2D eigenvalue weighted by Crippen LogP contribution is 2.60. The van der Waals surface area contributed by atoms with Crippen molar-refractivity contribution in [2.75, 3.05) is 27.6 Å². The third-order valence-electron chi connectivity index (χ3n) is 7.69. The van der Waals surface area contributed by atoms with E-state index in [1.165, 1.54) is 11.1 Å². The number of fused-ring (bicyclic) bond motifs is 1. The number of benzene rings is 3. The minimum absolute atomic E-state index is 0.0805. The number of rotatable bonds is 10. The minimum Gasteiger partial charge on any atom is -0.496 e. The zero-order valence-corrected chi connectivity index (χ0v) is 20.6. The Bertz CT molecular complexity index is 1130. The van der Waals surface area contributed by atoms with E-state index >= 15 is 0 Å². The largest absolute Gasteiger partial charge is 0.496 e. The number of para-hydroxylation sites is 2. The van der Waals surface area contributed by atoms with E-state index < -0.39 is 11.9 Å². The summed E-state index contributed by atoms with van der Waals surface area (Å²) in [6.07, 6.45) is 1.88. The van der Waals surface area contributed by atoms with Crippen LogP contribution in [0.15, 0.2) is 72.8 Å². The molecule has 0 saturated heterocycles. The number of ether oxygens (including phenoxy) is 4. The van der Waals surface area contributed by atoms with Crippen LogP contribution in [0.1, 0.15) is 34.1 Å². The third-order valence-corrected chi connectivity index (χ3v) is 7.69. The first kappa shape index (κ1) is 24.3. The van der Waals surface area contributed by atoms with Gasteiger partial charge in [-0.2, -0.15) is 0 Å². The molecule has 0 spiro atoms. The molecule has 6 heteroatoms. The Morgan fingerprint density at radius 1 is 0.806 bits per heavy atom. The smallest absolute Gasteiger partial charge is 0.307 e. The lowest BCUT2D eigenvalue weighted by atomic mass is 9.52. The van der Waals surface area contributed by atoms with Crippen molar-refractivity contribution in [1.29, 1.82) is 0 Å². The van der Waals surface area contributed by atoms with Crippen LogP contribution in [0.2, 0.25) is 0 Å². The van der Waals surface area contributed by atoms with Crippen molar-refractivity contribution >= 4 is 5.97 Å². The Morgan fingerprint density at radius 3 is 1.81 bits per heavy atom. The number of carboxylic acids is 1. The van der Waals surface area contributed by atoms with Gasteiger partial charge >= 0.3 is 5.97 Å². The van der Waals surface area contributed by atoms with Gasteiger partial charge in [-0.1, -0.05) is 60.7 Å². The van der Waals surface area contributed by atoms with Gasteiger partial charge in [0, 0.05) is 11.8 Å². The normalized spacial score (nSPS) is 23.1. The van der Waals surface area contributed by atoms with Crippen LogP contribution in [0.3, 0.4) is 0 Å². The minimum atomic E-state index is -0.835. The third kappa shape index (κ3) is 4.59. The SMILES string of the molecule is COc1ccccc1C1C(C(=O)O)[C@@H](c2ccccc2OC)[C@H]1COCOC1Cc2ccccc2C1. The van der Waals surface area contributed by atoms with Gasteiger partial charge in [-0.3, -0.25) is 4.79 Å². The van der Waals surface area contributed by atoms with Crippen LogP contribution < -0.4 is 9.47 Å². The van der Waals surface area contributed by atoms with Gasteiger partial charge in [0.25, 0.3) is 0 Å². The standard InChI is InChI=1S/C30H32O6/c1-33-25-13-7-5-11-22(25)27-24(17-35-18-36-21-15-19-9-3-4-10-20(19)16-21)28(29(27)30(31)32)23-12-6-8-14-26(23)34-2/h3-14,21,24,27-29H,15-18H2,1-2H3,(H,31,32)/t24-,27+,28?,29?/m1/s1. The number of carbonyl (C=O) groups is 1. The summed E-state index contributed by atoms with van der Waals surface area (Å²) >= 11 is 0. The monoisotopic (exact) mass is 488 g/mol. The van der Waals surface area contributed by atoms with E-state index in [4.69, 9.17) is 18.9 Å². The molecule has 0 aromatic heterocycles. The molecule has 0 amide bonds. The molecular weight excluding hydrogens is 456 g/mol. The molecule has 6 nitrogen and oxygen atoms in total. The van der Waals surface area contributed by atoms with E-state index in [9.17, 15) is 9.90 Å². The van der Waals surface area contributed by atoms with Gasteiger partial charge in [0.15, 0.2) is 0 Å². The van der Waals surface area contributed by atoms with Gasteiger partial charge in [-0.25, -0.2) is 0 Å². The molecule has 188 valence electrons. The Hall–Kier alpha value is -3.35. The van der Waals surface area contributed by atoms with E-state index in [1.54, 1.807) is 14.2 Å². The molecule has 3 aromatic rings. The Labute approximate surface area is 211 Å². The van der Waals surface area contributed by atoms with Gasteiger partial charge in [-0.05, 0) is 53.1 Å². The van der Waals surface area contributed by atoms with E-state index in [-0.39, 0.29) is 30.7 Å². The summed E-state index contributed by atoms with van der Waals surface area (Å²) < 4.78 is 23.4. The van der Waals surface area contributed by atoms with E-state index in [1.807, 2.05) is 48.5 Å². The first-order valence-corrected chi connectivity index (χ1v) is 12.4. The lowest BCUT2D eigenvalue weighted by Gasteiger charge is -2.51. The molecule has 2 aliphatic carbocycles. The van der Waals surface area contributed by atoms with E-state index in [0.29, 0.717) is 18.1 Å². The molecule has 0 bridgehead atoms. The average molecular weight is 489 g/mol. The highest BCUT2D eigenvalue weighted by atomic mass is 16.7. The van der Waals surface area contributed by atoms with Crippen LogP contribution in [-0.4, -0.2) is 44.8 Å². The summed E-state index contributed by atoms with van der Waals surface area (Å²) in [5, 5.41) is 10.3. The number of hydrogen-bond donors (Lipinski definition) is 1. The second kappa shape index (κ2) is 10.7. The van der Waals surface area contributed by atoms with Gasteiger partial charge in [0.05, 0.1) is 32.8 Å². The molecule has 5 rings (SSSR count). The number of hydrogen-bond acceptors (Lipinski definition) is 5. The molecule has 0 heterocycles. The Kier molecular flexibility index (Phi) is 7.25. The predicted molar refractivity (Wildman–Crippen MR) is 136 cm³/mol. The number of aliphatic carboxylic acids is 1. The first-order chi connectivity index (χ1) is 17.6. The molecule has 36 heavy (non-hydrogen) atoms. The summed E-state index contributed by atoms with van der Waals surface area (Å²) in [5.41, 5.74) is 4.44. The molecule has 1 N–H and O–H groups in total. The van der Waals surface area contributed by atoms with Crippen molar-refractivity contribution in [3.05, 3.63) is 95.1 Å². The first-order valence-electron chi connectivity index (χ1n) is 12.4. The topological polar surface area (TPSA) is 74.2 Å². The molecule has 3 aromatic carbocycles. The van der Waals surface area contributed by atoms with Crippen molar-refractivity contribution in [3.8, 4) is 11.5 Å². The van der Waals surface area contributed by atoms with Crippen molar-refractivity contribution < 1.29 is 28.8 Å². The van der Waals surface area contributed by atoms with Crippen molar-refractivity contribution in [2.24, 2.45) is 11.8 Å². The van der Waals surface area contributed by atoms with E-state index in [0.717, 1.165) is 24.0 Å². The van der Waals surface area contributed by atoms with Crippen molar-refractivity contribution in [1.82, 2.24) is 0 Å². The summed E-state index contributed by atoms with van der Waals surface area (Å²) in [6.45, 7) is 0.541. The highest BCUT2D eigenvalue weighted by Gasteiger charge is 2.56. The maximum absolute atomic E-state index is 12.6.